The maximum Gasteiger partial charge on any atom is 0.419 e. The van der Waals surface area contributed by atoms with Crippen LogP contribution in [0.25, 0.3) is 11.3 Å². The molecule has 1 saturated heterocycles. The number of fused-ring (bicyclic) bond motifs is 1. The number of halogens is 4. The molecule has 0 saturated carbocycles. The molecular weight excluding hydrogens is 885 g/mol. The minimum Gasteiger partial charge on any atom is -0.389 e. The van der Waals surface area contributed by atoms with Crippen molar-refractivity contribution in [2.24, 2.45) is 0 Å². The summed E-state index contributed by atoms with van der Waals surface area (Å²) in [6.45, 7) is 5.22. The van der Waals surface area contributed by atoms with E-state index in [0.29, 0.717) is 37.5 Å². The largest absolute Gasteiger partial charge is 0.419 e. The van der Waals surface area contributed by atoms with Gasteiger partial charge >= 0.3 is 6.18 Å². The Kier molecular flexibility index (Phi) is 16.2. The number of amides is 5. The summed E-state index contributed by atoms with van der Waals surface area (Å²) in [6.07, 6.45) is -1.60. The third-order valence-corrected chi connectivity index (χ3v) is 10.3. The van der Waals surface area contributed by atoms with Crippen LogP contribution in [0.5, 0.6) is 0 Å². The zero-order valence-corrected chi connectivity index (χ0v) is 35.9. The summed E-state index contributed by atoms with van der Waals surface area (Å²) in [6, 6.07) is 7.71. The second-order valence-corrected chi connectivity index (χ2v) is 16.1. The van der Waals surface area contributed by atoms with Gasteiger partial charge in [-0.25, -0.2) is 14.4 Å². The summed E-state index contributed by atoms with van der Waals surface area (Å²) in [7, 11) is 0. The van der Waals surface area contributed by atoms with Crippen molar-refractivity contribution in [2.45, 2.75) is 55.9 Å². The zero-order valence-electron chi connectivity index (χ0n) is 35.1. The van der Waals surface area contributed by atoms with Crippen LogP contribution in [0.2, 0.25) is 0 Å². The second kappa shape index (κ2) is 21.8. The number of carbonyl (C=O) groups is 5. The first-order valence-corrected chi connectivity index (χ1v) is 21.0. The van der Waals surface area contributed by atoms with Gasteiger partial charge in [0.05, 0.1) is 87.0 Å². The number of benzene rings is 2. The standard InChI is InChI=1S/C41H46F4N10O9S/c1-40(2,61)23-54-22-24(19-49-54)35-27(41(43,44)45)20-48-39(53-35)51-29-7-6-25(18-28(29)42)65-50-11-13-63-15-17-64-16-14-62-12-10-46-33(57)21-47-30-5-3-4-26-34(30)38(60)55(37(26)59)31-8-9-32(56)52-36(31)58/h3-7,18-20,22,31,47,50,61H,8-17,21,23H2,1-2H3,(H,46,57)(H,48,51,53)(H,52,56,58). The smallest absolute Gasteiger partial charge is 0.389 e. The molecule has 24 heteroatoms. The first-order chi connectivity index (χ1) is 31.0. The van der Waals surface area contributed by atoms with Gasteiger partial charge < -0.3 is 35.3 Å². The summed E-state index contributed by atoms with van der Waals surface area (Å²) in [5.41, 5.74) is -2.33. The van der Waals surface area contributed by atoms with E-state index in [0.717, 1.165) is 16.8 Å². The van der Waals surface area contributed by atoms with Gasteiger partial charge in [-0.15, -0.1) is 0 Å². The van der Waals surface area contributed by atoms with Crippen molar-refractivity contribution in [1.29, 1.82) is 0 Å². The molecule has 1 fully saturated rings. The topological polar surface area (TPSA) is 240 Å². The van der Waals surface area contributed by atoms with E-state index in [1.54, 1.807) is 18.2 Å². The van der Waals surface area contributed by atoms with Crippen LogP contribution < -0.4 is 26.0 Å². The van der Waals surface area contributed by atoms with Crippen molar-refractivity contribution in [3.63, 3.8) is 0 Å². The predicted molar refractivity (Wildman–Crippen MR) is 225 cm³/mol. The summed E-state index contributed by atoms with van der Waals surface area (Å²) < 4.78 is 77.3. The molecule has 19 nitrogen and oxygen atoms in total. The molecule has 0 spiro atoms. The average Bonchev–Trinajstić information content (AvgIpc) is 3.81. The summed E-state index contributed by atoms with van der Waals surface area (Å²) in [5, 5.41) is 24.4. The normalized spacial score (nSPS) is 15.3. The number of carbonyl (C=O) groups excluding carboxylic acids is 5. The van der Waals surface area contributed by atoms with Crippen LogP contribution in [0.15, 0.2) is 59.9 Å². The predicted octanol–water partition coefficient (Wildman–Crippen LogP) is 3.29. The van der Waals surface area contributed by atoms with Gasteiger partial charge in [0, 0.05) is 48.1 Å². The Morgan fingerprint density at radius 1 is 0.954 bits per heavy atom. The maximum atomic E-state index is 15.0. The number of aromatic nitrogens is 4. The van der Waals surface area contributed by atoms with Crippen molar-refractivity contribution in [2.75, 3.05) is 69.9 Å². The van der Waals surface area contributed by atoms with Crippen LogP contribution >= 0.6 is 11.9 Å². The van der Waals surface area contributed by atoms with Crippen molar-refractivity contribution >= 4 is 58.8 Å². The van der Waals surface area contributed by atoms with E-state index in [2.05, 4.69) is 41.1 Å². The van der Waals surface area contributed by atoms with E-state index in [4.69, 9.17) is 14.2 Å². The van der Waals surface area contributed by atoms with Crippen LogP contribution in [0.1, 0.15) is 53.0 Å². The molecule has 4 heterocycles. The lowest BCUT2D eigenvalue weighted by Crippen LogP contribution is -2.54. The summed E-state index contributed by atoms with van der Waals surface area (Å²) in [5.74, 6) is -3.86. The van der Waals surface area contributed by atoms with Crippen LogP contribution in [0, 0.1) is 5.82 Å². The van der Waals surface area contributed by atoms with Crippen LogP contribution in [-0.4, -0.2) is 130 Å². The van der Waals surface area contributed by atoms with Crippen LogP contribution in [0.4, 0.5) is 34.9 Å². The van der Waals surface area contributed by atoms with E-state index in [1.807, 2.05) is 0 Å². The number of ether oxygens (including phenoxy) is 3. The van der Waals surface area contributed by atoms with E-state index >= 15 is 4.39 Å². The van der Waals surface area contributed by atoms with Gasteiger partial charge in [0.25, 0.3) is 11.8 Å². The van der Waals surface area contributed by atoms with Gasteiger partial charge in [-0.2, -0.15) is 18.3 Å². The van der Waals surface area contributed by atoms with Crippen molar-refractivity contribution < 1.29 is 60.9 Å². The van der Waals surface area contributed by atoms with Gasteiger partial charge in [-0.3, -0.25) is 43.6 Å². The Bertz CT molecular complexity index is 2380. The molecule has 348 valence electrons. The number of aliphatic hydroxyl groups is 1. The number of hydrogen-bond donors (Lipinski definition) is 6. The van der Waals surface area contributed by atoms with Gasteiger partial charge in [-0.05, 0) is 62.5 Å². The molecule has 6 rings (SSSR count). The van der Waals surface area contributed by atoms with E-state index < -0.39 is 58.5 Å². The fraction of sp³-hybridized carbons (Fsp3) is 0.415. The molecule has 2 aliphatic rings. The van der Waals surface area contributed by atoms with E-state index in [1.165, 1.54) is 49.1 Å². The highest BCUT2D eigenvalue weighted by molar-refractivity contribution is 7.97. The Balaban J connectivity index is 0.805. The molecular formula is C41H46F4N10O9S. The number of rotatable bonds is 23. The van der Waals surface area contributed by atoms with Crippen LogP contribution in [0.3, 0.4) is 0 Å². The molecule has 5 amide bonds. The molecule has 65 heavy (non-hydrogen) atoms. The SMILES string of the molecule is CC(C)(O)Cn1cc(-c2nc(Nc3ccc(SNCCOCCOCCOCCNC(=O)CNc4cccc5c4C(=O)N(C4CCC(=O)NC4=O)C5=O)cc3F)ncc2C(F)(F)F)cn1. The number of imide groups is 2. The van der Waals surface area contributed by atoms with Crippen molar-refractivity contribution in [3.05, 3.63) is 77.5 Å². The monoisotopic (exact) mass is 930 g/mol. The number of anilines is 3. The minimum absolute atomic E-state index is 0.00154. The molecule has 1 unspecified atom stereocenters. The molecule has 6 N–H and O–H groups in total. The quantitative estimate of drug-likeness (QED) is 0.0271. The highest BCUT2D eigenvalue weighted by Crippen LogP contribution is 2.37. The van der Waals surface area contributed by atoms with Crippen molar-refractivity contribution in [1.82, 2.24) is 40.0 Å². The Hall–Kier alpha value is -6.05. The van der Waals surface area contributed by atoms with E-state index in [-0.39, 0.29) is 92.2 Å². The first-order valence-electron chi connectivity index (χ1n) is 20.2. The summed E-state index contributed by atoms with van der Waals surface area (Å²) in [4.78, 5) is 71.7. The number of piperidine rings is 1. The number of nitrogens with zero attached hydrogens (tertiary/aromatic N) is 5. The lowest BCUT2D eigenvalue weighted by atomic mass is 10.0. The molecule has 2 aliphatic heterocycles. The third kappa shape index (κ3) is 13.3. The van der Waals surface area contributed by atoms with Gasteiger partial charge in [0.1, 0.15) is 17.4 Å². The van der Waals surface area contributed by atoms with Crippen LogP contribution in [-0.2, 0) is 41.3 Å². The van der Waals surface area contributed by atoms with Gasteiger partial charge in [-0.1, -0.05) is 6.07 Å². The Morgan fingerprint density at radius 2 is 1.68 bits per heavy atom. The highest BCUT2D eigenvalue weighted by Gasteiger charge is 2.45. The lowest BCUT2D eigenvalue weighted by molar-refractivity contribution is -0.138. The third-order valence-electron chi connectivity index (χ3n) is 9.50. The molecule has 0 radical (unpaired) electrons. The highest BCUT2D eigenvalue weighted by atomic mass is 32.2. The fourth-order valence-corrected chi connectivity index (χ4v) is 7.22. The molecule has 2 aromatic heterocycles. The molecule has 4 aromatic rings. The fourth-order valence-electron chi connectivity index (χ4n) is 6.57. The minimum atomic E-state index is -4.77. The average molecular weight is 931 g/mol. The van der Waals surface area contributed by atoms with Crippen molar-refractivity contribution in [3.8, 4) is 11.3 Å². The maximum absolute atomic E-state index is 15.0. The van der Waals surface area contributed by atoms with E-state index in [9.17, 15) is 42.3 Å². The number of alkyl halides is 3. The van der Waals surface area contributed by atoms with Gasteiger partial charge in [0.15, 0.2) is 0 Å². The molecule has 0 bridgehead atoms. The molecule has 1 atom stereocenters. The summed E-state index contributed by atoms with van der Waals surface area (Å²) >= 11 is 1.15. The number of nitrogens with one attached hydrogen (secondary N) is 5. The Labute approximate surface area is 373 Å². The lowest BCUT2D eigenvalue weighted by Gasteiger charge is -2.27. The zero-order chi connectivity index (χ0) is 46.7. The molecule has 0 aliphatic carbocycles. The first kappa shape index (κ1) is 48.4. The molecule has 2 aromatic carbocycles. The number of hydrogen-bond acceptors (Lipinski definition) is 16. The van der Waals surface area contributed by atoms with Gasteiger partial charge in [0.2, 0.25) is 23.7 Å². The second-order valence-electron chi connectivity index (χ2n) is 15.2. The Morgan fingerprint density at radius 3 is 2.37 bits per heavy atom.